The van der Waals surface area contributed by atoms with Crippen LogP contribution in [0.2, 0.25) is 0 Å². The van der Waals surface area contributed by atoms with E-state index in [4.69, 9.17) is 0 Å². The molecular weight excluding hydrogens is 321 g/mol. The molecule has 4 unspecified atom stereocenters. The second-order valence-corrected chi connectivity index (χ2v) is 14.5. The zero-order valence-electron chi connectivity index (χ0n) is 18.7. The van der Waals surface area contributed by atoms with Gasteiger partial charge in [0, 0.05) is 0 Å². The minimum atomic E-state index is -1.17. The first-order valence-corrected chi connectivity index (χ1v) is 14.4. The monoisotopic (exact) mass is 371 g/mol. The molecule has 0 aromatic rings. The van der Waals surface area contributed by atoms with Gasteiger partial charge < -0.3 is 0 Å². The van der Waals surface area contributed by atoms with Crippen molar-refractivity contribution in [2.24, 2.45) is 23.7 Å². The van der Waals surface area contributed by atoms with Crippen molar-refractivity contribution in [3.05, 3.63) is 0 Å². The van der Waals surface area contributed by atoms with Gasteiger partial charge in [-0.1, -0.05) is 0 Å². The molecule has 0 amide bonds. The predicted molar refractivity (Wildman–Crippen MR) is 121 cm³/mol. The van der Waals surface area contributed by atoms with E-state index in [-0.39, 0.29) is 0 Å². The van der Waals surface area contributed by atoms with Crippen molar-refractivity contribution in [2.45, 2.75) is 92.1 Å². The summed E-state index contributed by atoms with van der Waals surface area (Å²) in [5, 5.41) is 3.40. The van der Waals surface area contributed by atoms with Crippen LogP contribution in [0.25, 0.3) is 0 Å². The molecule has 1 rings (SSSR count). The van der Waals surface area contributed by atoms with Gasteiger partial charge in [0.2, 0.25) is 0 Å². The van der Waals surface area contributed by atoms with Crippen molar-refractivity contribution in [3.63, 3.8) is 0 Å². The predicted octanol–water partition coefficient (Wildman–Crippen LogP) is 6.65. The summed E-state index contributed by atoms with van der Waals surface area (Å²) >= 11 is 0. The molecule has 152 valence electrons. The fraction of sp³-hybridized carbons (Fsp3) is 1.00. The molecule has 2 heteroatoms. The molecule has 0 heterocycles. The molecule has 1 aliphatic rings. The van der Waals surface area contributed by atoms with E-state index >= 15 is 0 Å². The molecule has 1 N–H and O–H groups in total. The van der Waals surface area contributed by atoms with Crippen LogP contribution in [0.3, 0.4) is 0 Å². The Morgan fingerprint density at radius 1 is 1.04 bits per heavy atom. The number of nitrogens with one attached hydrogen (secondary N) is 1. The fourth-order valence-corrected chi connectivity index (χ4v) is 11.8. The van der Waals surface area contributed by atoms with Gasteiger partial charge in [-0.2, -0.15) is 0 Å². The van der Waals surface area contributed by atoms with Crippen molar-refractivity contribution in [2.75, 3.05) is 32.1 Å². The van der Waals surface area contributed by atoms with Crippen LogP contribution in [0.1, 0.15) is 86.5 Å². The summed E-state index contributed by atoms with van der Waals surface area (Å²) in [6.07, 6.45) is 14.8. The third-order valence-corrected chi connectivity index (χ3v) is 14.7. The molecule has 0 aliphatic heterocycles. The molecule has 25 heavy (non-hydrogen) atoms. The maximum atomic E-state index is 3.40. The second-order valence-electron chi connectivity index (χ2n) is 9.18. The van der Waals surface area contributed by atoms with Gasteiger partial charge in [-0.3, -0.25) is 0 Å². The zero-order chi connectivity index (χ0) is 18.9. The first-order valence-electron chi connectivity index (χ1n) is 11.7. The Labute approximate surface area is 160 Å². The van der Waals surface area contributed by atoms with E-state index in [0.29, 0.717) is 0 Å². The van der Waals surface area contributed by atoms with Gasteiger partial charge in [0.15, 0.2) is 0 Å². The number of hydrogen-bond acceptors (Lipinski definition) is 1. The molecule has 0 radical (unpaired) electrons. The van der Waals surface area contributed by atoms with Crippen LogP contribution in [0, 0.1) is 23.7 Å². The van der Waals surface area contributed by atoms with E-state index in [9.17, 15) is 0 Å². The van der Waals surface area contributed by atoms with Crippen LogP contribution in [0.4, 0.5) is 0 Å². The van der Waals surface area contributed by atoms with Crippen molar-refractivity contribution in [3.8, 4) is 0 Å². The van der Waals surface area contributed by atoms with E-state index in [2.05, 4.69) is 53.9 Å². The van der Waals surface area contributed by atoms with Crippen molar-refractivity contribution in [1.29, 1.82) is 0 Å². The van der Waals surface area contributed by atoms with Gasteiger partial charge in [-0.25, -0.2) is 0 Å². The van der Waals surface area contributed by atoms with Gasteiger partial charge in [-0.15, -0.1) is 0 Å². The van der Waals surface area contributed by atoms with Gasteiger partial charge >= 0.3 is 160 Å². The van der Waals surface area contributed by atoms with Crippen molar-refractivity contribution < 1.29 is 0 Å². The van der Waals surface area contributed by atoms with Crippen LogP contribution in [0.15, 0.2) is 0 Å². The molecule has 1 nitrogen and oxygen atoms in total. The van der Waals surface area contributed by atoms with E-state index < -0.39 is 7.26 Å². The SMILES string of the molecule is CCC(CC)C[PH](CC)(CC)C(CCCNC)CC1C(C)CC1CC. The Hall–Kier alpha value is 0.390. The first kappa shape index (κ1) is 23.4. The number of rotatable bonds is 14. The van der Waals surface area contributed by atoms with Gasteiger partial charge in [0.05, 0.1) is 0 Å². The summed E-state index contributed by atoms with van der Waals surface area (Å²) in [7, 11) is 0.943. The molecule has 0 bridgehead atoms. The summed E-state index contributed by atoms with van der Waals surface area (Å²) < 4.78 is 0. The van der Waals surface area contributed by atoms with Crippen LogP contribution in [-0.2, 0) is 0 Å². The average molecular weight is 372 g/mol. The molecule has 1 aliphatic carbocycles. The normalized spacial score (nSPS) is 25.8. The van der Waals surface area contributed by atoms with Gasteiger partial charge in [0.25, 0.3) is 0 Å². The average Bonchev–Trinajstić information content (AvgIpc) is 2.64. The molecule has 4 atom stereocenters. The first-order chi connectivity index (χ1) is 12.0. The Balaban J connectivity index is 2.94. The standard InChI is InChI=1S/C23H50NP/c1-8-20(9-2)18-25(11-4,12-5)22(14-13-15-24-7)17-23-19(6)16-21(23)10-3/h19-25H,8-18H2,1-7H3. The molecular formula is C23H50NP. The second kappa shape index (κ2) is 12.0. The van der Waals surface area contributed by atoms with E-state index in [1.165, 1.54) is 57.4 Å². The molecule has 0 saturated heterocycles. The molecule has 0 aromatic heterocycles. The van der Waals surface area contributed by atoms with Crippen molar-refractivity contribution in [1.82, 2.24) is 5.32 Å². The minimum absolute atomic E-state index is 0.985. The Kier molecular flexibility index (Phi) is 11.2. The fourth-order valence-electron chi connectivity index (χ4n) is 5.95. The summed E-state index contributed by atoms with van der Waals surface area (Å²) in [4.78, 5) is 0. The summed E-state index contributed by atoms with van der Waals surface area (Å²) in [5.74, 6) is 4.05. The topological polar surface area (TPSA) is 12.0 Å². The molecule has 1 saturated carbocycles. The Morgan fingerprint density at radius 3 is 2.12 bits per heavy atom. The molecule has 1 fully saturated rings. The van der Waals surface area contributed by atoms with E-state index in [1.807, 2.05) is 0 Å². The zero-order valence-corrected chi connectivity index (χ0v) is 19.7. The van der Waals surface area contributed by atoms with Crippen LogP contribution in [0.5, 0.6) is 0 Å². The van der Waals surface area contributed by atoms with Crippen LogP contribution < -0.4 is 5.32 Å². The molecule has 0 spiro atoms. The summed E-state index contributed by atoms with van der Waals surface area (Å²) in [6, 6.07) is 0. The third-order valence-electron chi connectivity index (χ3n) is 8.20. The van der Waals surface area contributed by atoms with Crippen LogP contribution in [-0.4, -0.2) is 37.7 Å². The van der Waals surface area contributed by atoms with Gasteiger partial charge in [0.1, 0.15) is 0 Å². The van der Waals surface area contributed by atoms with E-state index in [1.54, 1.807) is 12.6 Å². The maximum absolute atomic E-state index is 3.40. The summed E-state index contributed by atoms with van der Waals surface area (Å²) in [5.41, 5.74) is 1.07. The Morgan fingerprint density at radius 2 is 1.68 bits per heavy atom. The van der Waals surface area contributed by atoms with Crippen LogP contribution >= 0.6 is 7.26 Å². The quantitative estimate of drug-likeness (QED) is 0.266. The van der Waals surface area contributed by atoms with Gasteiger partial charge in [-0.05, 0) is 0 Å². The third kappa shape index (κ3) is 6.21. The molecule has 0 aromatic carbocycles. The number of hydrogen-bond donors (Lipinski definition) is 1. The Bertz CT molecular complexity index is 335. The summed E-state index contributed by atoms with van der Waals surface area (Å²) in [6.45, 7) is 16.1. The van der Waals surface area contributed by atoms with Crippen molar-refractivity contribution >= 4 is 7.26 Å². The van der Waals surface area contributed by atoms with E-state index in [0.717, 1.165) is 29.3 Å².